The lowest BCUT2D eigenvalue weighted by molar-refractivity contribution is -0.164. The third-order valence-corrected chi connectivity index (χ3v) is 5.48. The van der Waals surface area contributed by atoms with E-state index in [9.17, 15) is 19.2 Å². The second-order valence-electron chi connectivity index (χ2n) is 9.23. The Morgan fingerprint density at radius 2 is 1.71 bits per heavy atom. The Labute approximate surface area is 204 Å². The van der Waals surface area contributed by atoms with E-state index in [0.29, 0.717) is 18.5 Å². The summed E-state index contributed by atoms with van der Waals surface area (Å²) in [7, 11) is 1.27. The summed E-state index contributed by atoms with van der Waals surface area (Å²) in [6.45, 7) is 5.02. The summed E-state index contributed by atoms with van der Waals surface area (Å²) in [6, 6.07) is 14.1. The van der Waals surface area contributed by atoms with Crippen molar-refractivity contribution in [1.29, 1.82) is 0 Å². The van der Waals surface area contributed by atoms with E-state index in [1.54, 1.807) is 39.0 Å². The summed E-state index contributed by atoms with van der Waals surface area (Å²) in [4.78, 5) is 51.8. The number of anilines is 1. The zero-order valence-corrected chi connectivity index (χ0v) is 20.4. The molecule has 2 aromatic rings. The van der Waals surface area contributed by atoms with E-state index in [0.717, 1.165) is 5.56 Å². The summed E-state index contributed by atoms with van der Waals surface area (Å²) in [6.07, 6.45) is 1.07. The molecule has 1 aliphatic rings. The predicted octanol–water partition coefficient (Wildman–Crippen LogP) is 3.67. The van der Waals surface area contributed by atoms with E-state index in [2.05, 4.69) is 15.4 Å². The number of hydrogen-bond acceptors (Lipinski definition) is 6. The number of methoxy groups -OCH3 is 1. The van der Waals surface area contributed by atoms with Gasteiger partial charge >= 0.3 is 18.0 Å². The molecule has 0 saturated carbocycles. The van der Waals surface area contributed by atoms with Crippen LogP contribution in [0.3, 0.4) is 0 Å². The zero-order chi connectivity index (χ0) is 25.6. The molecule has 1 aliphatic heterocycles. The average molecular weight is 482 g/mol. The highest BCUT2D eigenvalue weighted by molar-refractivity contribution is 5.95. The fraction of sp³-hybridized carbons (Fsp3) is 0.385. The number of urea groups is 1. The molecule has 0 aliphatic carbocycles. The van der Waals surface area contributed by atoms with E-state index in [-0.39, 0.29) is 18.2 Å². The standard InChI is InChI=1S/C26H31N3O6/c1-26(2,3)35-24(32)21-14-13-20(17-9-6-5-7-10-17)29(21)22(30)16-27-25(33)28-19-12-8-11-18(15-19)23(31)34-4/h5-12,15,20-21H,13-14,16H2,1-4H3,(H2,27,28,33)/t20-,21+/m0/s1. The van der Waals surface area contributed by atoms with E-state index in [1.807, 2.05) is 30.3 Å². The third kappa shape index (κ3) is 6.81. The lowest BCUT2D eigenvalue weighted by Gasteiger charge is -2.31. The monoisotopic (exact) mass is 481 g/mol. The Hall–Kier alpha value is -3.88. The molecule has 3 rings (SSSR count). The minimum atomic E-state index is -0.742. The molecule has 0 bridgehead atoms. The first-order valence-corrected chi connectivity index (χ1v) is 11.4. The SMILES string of the molecule is COC(=O)c1cccc(NC(=O)NCC(=O)N2[C@@H](C(=O)OC(C)(C)C)CC[C@H]2c2ccccc2)c1. The molecule has 1 saturated heterocycles. The van der Waals surface area contributed by atoms with Gasteiger partial charge in [0.15, 0.2) is 0 Å². The molecule has 186 valence electrons. The maximum Gasteiger partial charge on any atom is 0.337 e. The first kappa shape index (κ1) is 25.7. The maximum atomic E-state index is 13.3. The number of carbonyl (C=O) groups is 4. The lowest BCUT2D eigenvalue weighted by atomic mass is 10.0. The number of rotatable bonds is 6. The molecule has 2 N–H and O–H groups in total. The number of hydrogen-bond donors (Lipinski definition) is 2. The van der Waals surface area contributed by atoms with Crippen LogP contribution in [0.15, 0.2) is 54.6 Å². The van der Waals surface area contributed by atoms with E-state index < -0.39 is 35.5 Å². The number of nitrogens with zero attached hydrogens (tertiary/aromatic N) is 1. The molecule has 0 aromatic heterocycles. The number of carbonyl (C=O) groups excluding carboxylic acids is 4. The molecular formula is C26H31N3O6. The normalized spacial score (nSPS) is 17.4. The van der Waals surface area contributed by atoms with Gasteiger partial charge in [0.1, 0.15) is 11.6 Å². The van der Waals surface area contributed by atoms with Crippen LogP contribution in [0.25, 0.3) is 0 Å². The highest BCUT2D eigenvalue weighted by Gasteiger charge is 2.43. The molecule has 35 heavy (non-hydrogen) atoms. The highest BCUT2D eigenvalue weighted by atomic mass is 16.6. The topological polar surface area (TPSA) is 114 Å². The van der Waals surface area contributed by atoms with Crippen LogP contribution in [0, 0.1) is 0 Å². The molecular weight excluding hydrogens is 450 g/mol. The highest BCUT2D eigenvalue weighted by Crippen LogP contribution is 2.37. The summed E-state index contributed by atoms with van der Waals surface area (Å²) in [5, 5.41) is 5.14. The van der Waals surface area contributed by atoms with Crippen LogP contribution in [0.4, 0.5) is 10.5 Å². The van der Waals surface area contributed by atoms with Crippen LogP contribution in [0.2, 0.25) is 0 Å². The van der Waals surface area contributed by atoms with Crippen molar-refractivity contribution in [1.82, 2.24) is 10.2 Å². The Kier molecular flexibility index (Phi) is 8.11. The smallest absolute Gasteiger partial charge is 0.337 e. The molecule has 2 aromatic carbocycles. The van der Waals surface area contributed by atoms with Crippen molar-refractivity contribution in [3.8, 4) is 0 Å². The second kappa shape index (κ2) is 11.0. The third-order valence-electron chi connectivity index (χ3n) is 5.48. The van der Waals surface area contributed by atoms with Crippen molar-refractivity contribution in [2.45, 2.75) is 51.3 Å². The first-order valence-electron chi connectivity index (χ1n) is 11.4. The zero-order valence-electron chi connectivity index (χ0n) is 20.4. The average Bonchev–Trinajstić information content (AvgIpc) is 3.27. The molecule has 2 atom stereocenters. The van der Waals surface area contributed by atoms with Crippen molar-refractivity contribution in [2.24, 2.45) is 0 Å². The van der Waals surface area contributed by atoms with Gasteiger partial charge in [-0.15, -0.1) is 0 Å². The van der Waals surface area contributed by atoms with E-state index >= 15 is 0 Å². The Morgan fingerprint density at radius 1 is 1.00 bits per heavy atom. The Morgan fingerprint density at radius 3 is 2.37 bits per heavy atom. The fourth-order valence-corrected chi connectivity index (χ4v) is 4.03. The minimum Gasteiger partial charge on any atom is -0.465 e. The van der Waals surface area contributed by atoms with Gasteiger partial charge in [0, 0.05) is 5.69 Å². The molecule has 0 radical (unpaired) electrons. The maximum absolute atomic E-state index is 13.3. The molecule has 0 unspecified atom stereocenters. The lowest BCUT2D eigenvalue weighted by Crippen LogP contribution is -2.48. The molecule has 0 spiro atoms. The first-order chi connectivity index (χ1) is 16.6. The van der Waals surface area contributed by atoms with Gasteiger partial charge < -0.3 is 25.0 Å². The van der Waals surface area contributed by atoms with Gasteiger partial charge in [-0.3, -0.25) is 4.79 Å². The molecule has 9 heteroatoms. The molecule has 3 amide bonds. The van der Waals surface area contributed by atoms with E-state index in [1.165, 1.54) is 18.1 Å². The van der Waals surface area contributed by atoms with Gasteiger partial charge in [0.2, 0.25) is 5.91 Å². The minimum absolute atomic E-state index is 0.282. The Balaban J connectivity index is 1.70. The number of nitrogens with one attached hydrogen (secondary N) is 2. The second-order valence-corrected chi connectivity index (χ2v) is 9.23. The fourth-order valence-electron chi connectivity index (χ4n) is 4.03. The van der Waals surface area contributed by atoms with Crippen LogP contribution >= 0.6 is 0 Å². The summed E-state index contributed by atoms with van der Waals surface area (Å²) >= 11 is 0. The number of esters is 2. The summed E-state index contributed by atoms with van der Waals surface area (Å²) in [5.74, 6) is -1.39. The number of likely N-dealkylation sites (tertiary alicyclic amines) is 1. The quantitative estimate of drug-likeness (QED) is 0.609. The predicted molar refractivity (Wildman–Crippen MR) is 130 cm³/mol. The molecule has 9 nitrogen and oxygen atoms in total. The van der Waals surface area contributed by atoms with Crippen molar-refractivity contribution >= 4 is 29.6 Å². The van der Waals surface area contributed by atoms with Gasteiger partial charge in [-0.05, 0) is 57.4 Å². The van der Waals surface area contributed by atoms with Gasteiger partial charge in [0.05, 0.1) is 25.3 Å². The number of benzene rings is 2. The molecule has 1 heterocycles. The van der Waals surface area contributed by atoms with Crippen molar-refractivity contribution in [3.05, 3.63) is 65.7 Å². The van der Waals surface area contributed by atoms with Crippen LogP contribution in [-0.2, 0) is 19.1 Å². The van der Waals surface area contributed by atoms with Gasteiger partial charge in [-0.1, -0.05) is 36.4 Å². The van der Waals surface area contributed by atoms with Crippen LogP contribution in [0.5, 0.6) is 0 Å². The molecule has 1 fully saturated rings. The van der Waals surface area contributed by atoms with Gasteiger partial charge in [0.25, 0.3) is 0 Å². The van der Waals surface area contributed by atoms with Crippen molar-refractivity contribution < 1.29 is 28.7 Å². The van der Waals surface area contributed by atoms with Crippen LogP contribution < -0.4 is 10.6 Å². The number of amides is 3. The van der Waals surface area contributed by atoms with Crippen LogP contribution in [0.1, 0.15) is 55.6 Å². The van der Waals surface area contributed by atoms with Gasteiger partial charge in [-0.2, -0.15) is 0 Å². The number of ether oxygens (including phenoxy) is 2. The van der Waals surface area contributed by atoms with Crippen molar-refractivity contribution in [3.63, 3.8) is 0 Å². The Bertz CT molecular complexity index is 1080. The van der Waals surface area contributed by atoms with E-state index in [4.69, 9.17) is 4.74 Å². The summed E-state index contributed by atoms with van der Waals surface area (Å²) in [5.41, 5.74) is 0.876. The largest absolute Gasteiger partial charge is 0.465 e. The van der Waals surface area contributed by atoms with Crippen molar-refractivity contribution in [2.75, 3.05) is 19.0 Å². The van der Waals surface area contributed by atoms with Gasteiger partial charge in [-0.25, -0.2) is 14.4 Å². The summed E-state index contributed by atoms with van der Waals surface area (Å²) < 4.78 is 10.2. The van der Waals surface area contributed by atoms with Crippen LogP contribution in [-0.4, -0.2) is 54.1 Å².